The molecule has 14 heavy (non-hydrogen) atoms. The Bertz CT molecular complexity index is 356. The Kier molecular flexibility index (Phi) is 2.77. The number of anilines is 1. The molecule has 0 radical (unpaired) electrons. The minimum atomic E-state index is 0.154. The van der Waals surface area contributed by atoms with Crippen molar-refractivity contribution in [3.05, 3.63) is 17.0 Å². The van der Waals surface area contributed by atoms with E-state index in [1.165, 1.54) is 0 Å². The third-order valence-corrected chi connectivity index (χ3v) is 2.59. The van der Waals surface area contributed by atoms with Crippen molar-refractivity contribution in [2.45, 2.75) is 19.3 Å². The van der Waals surface area contributed by atoms with Gasteiger partial charge in [-0.1, -0.05) is 0 Å². The van der Waals surface area contributed by atoms with Gasteiger partial charge in [0.2, 0.25) is 5.91 Å². The van der Waals surface area contributed by atoms with Crippen LogP contribution in [0, 0.1) is 0 Å². The standard InChI is InChI=1S/C9H10BrN3O/c10-9-11-5-4-7(12-9)13-6-2-1-3-8(13)14/h4-5H,1-3,6H2. The molecule has 1 amide bonds. The number of piperidine rings is 1. The summed E-state index contributed by atoms with van der Waals surface area (Å²) in [6, 6.07) is 1.76. The molecule has 2 heterocycles. The number of hydrogen-bond acceptors (Lipinski definition) is 3. The van der Waals surface area contributed by atoms with E-state index in [0.29, 0.717) is 17.0 Å². The number of carbonyl (C=O) groups excluding carboxylic acids is 1. The maximum atomic E-state index is 11.6. The summed E-state index contributed by atoms with van der Waals surface area (Å²) in [6.07, 6.45) is 4.31. The van der Waals surface area contributed by atoms with Crippen molar-refractivity contribution in [2.24, 2.45) is 0 Å². The first kappa shape index (κ1) is 9.58. The summed E-state index contributed by atoms with van der Waals surface area (Å²) >= 11 is 3.19. The summed E-state index contributed by atoms with van der Waals surface area (Å²) < 4.78 is 0.522. The number of nitrogens with zero attached hydrogens (tertiary/aromatic N) is 3. The molecular weight excluding hydrogens is 246 g/mol. The fraction of sp³-hybridized carbons (Fsp3) is 0.444. The van der Waals surface area contributed by atoms with Crippen LogP contribution in [0.25, 0.3) is 0 Å². The van der Waals surface area contributed by atoms with Crippen LogP contribution in [-0.4, -0.2) is 22.4 Å². The second kappa shape index (κ2) is 4.04. The zero-order valence-corrected chi connectivity index (χ0v) is 9.20. The van der Waals surface area contributed by atoms with Crippen LogP contribution >= 0.6 is 15.9 Å². The third kappa shape index (κ3) is 1.92. The monoisotopic (exact) mass is 255 g/mol. The first-order chi connectivity index (χ1) is 6.77. The van der Waals surface area contributed by atoms with Crippen LogP contribution in [0.4, 0.5) is 5.82 Å². The molecule has 0 N–H and O–H groups in total. The molecule has 2 rings (SSSR count). The highest BCUT2D eigenvalue weighted by Gasteiger charge is 2.20. The van der Waals surface area contributed by atoms with Gasteiger partial charge >= 0.3 is 0 Å². The summed E-state index contributed by atoms with van der Waals surface area (Å²) in [5.74, 6) is 0.846. The van der Waals surface area contributed by atoms with E-state index in [0.717, 1.165) is 19.4 Å². The van der Waals surface area contributed by atoms with Gasteiger partial charge < -0.3 is 0 Å². The molecular formula is C9H10BrN3O. The number of rotatable bonds is 1. The lowest BCUT2D eigenvalue weighted by Crippen LogP contribution is -2.35. The fourth-order valence-corrected chi connectivity index (χ4v) is 1.82. The van der Waals surface area contributed by atoms with Crippen molar-refractivity contribution < 1.29 is 4.79 Å². The lowest BCUT2D eigenvalue weighted by Gasteiger charge is -2.25. The molecule has 1 aliphatic heterocycles. The topological polar surface area (TPSA) is 46.1 Å². The average Bonchev–Trinajstić information content (AvgIpc) is 2.18. The number of amides is 1. The maximum absolute atomic E-state index is 11.6. The predicted octanol–water partition coefficient (Wildman–Crippen LogP) is 1.76. The van der Waals surface area contributed by atoms with Crippen LogP contribution in [0.3, 0.4) is 0 Å². The second-order valence-electron chi connectivity index (χ2n) is 3.19. The maximum Gasteiger partial charge on any atom is 0.228 e. The summed E-state index contributed by atoms with van der Waals surface area (Å²) in [5.41, 5.74) is 0. The molecule has 1 aromatic rings. The molecule has 0 bridgehead atoms. The van der Waals surface area contributed by atoms with E-state index in [-0.39, 0.29) is 5.91 Å². The molecule has 1 aromatic heterocycles. The Hall–Kier alpha value is -0.970. The van der Waals surface area contributed by atoms with Gasteiger partial charge in [-0.3, -0.25) is 9.69 Å². The normalized spacial score (nSPS) is 17.2. The third-order valence-electron chi connectivity index (χ3n) is 2.21. The quantitative estimate of drug-likeness (QED) is 0.719. The van der Waals surface area contributed by atoms with Crippen LogP contribution in [0.15, 0.2) is 17.0 Å². The van der Waals surface area contributed by atoms with Crippen LogP contribution in [0.2, 0.25) is 0 Å². The molecule has 0 aromatic carbocycles. The molecule has 4 nitrogen and oxygen atoms in total. The first-order valence-corrected chi connectivity index (χ1v) is 5.35. The molecule has 0 unspecified atom stereocenters. The van der Waals surface area contributed by atoms with Gasteiger partial charge in [-0.05, 0) is 34.8 Å². The van der Waals surface area contributed by atoms with Crippen molar-refractivity contribution in [1.29, 1.82) is 0 Å². The van der Waals surface area contributed by atoms with Gasteiger partial charge in [0.1, 0.15) is 5.82 Å². The van der Waals surface area contributed by atoms with Gasteiger partial charge in [-0.15, -0.1) is 0 Å². The Labute approximate surface area is 90.5 Å². The lowest BCUT2D eigenvalue weighted by atomic mass is 10.1. The zero-order valence-electron chi connectivity index (χ0n) is 7.61. The fourth-order valence-electron chi connectivity index (χ4n) is 1.52. The molecule has 74 valence electrons. The van der Waals surface area contributed by atoms with E-state index in [2.05, 4.69) is 25.9 Å². The SMILES string of the molecule is O=C1CCCCN1c1ccnc(Br)n1. The summed E-state index contributed by atoms with van der Waals surface area (Å²) in [4.78, 5) is 21.4. The van der Waals surface area contributed by atoms with Crippen molar-refractivity contribution in [1.82, 2.24) is 9.97 Å². The van der Waals surface area contributed by atoms with Crippen LogP contribution < -0.4 is 4.90 Å². The molecule has 0 aliphatic carbocycles. The Morgan fingerprint density at radius 3 is 3.00 bits per heavy atom. The van der Waals surface area contributed by atoms with Gasteiger partial charge in [-0.2, -0.15) is 0 Å². The zero-order chi connectivity index (χ0) is 9.97. The van der Waals surface area contributed by atoms with Gasteiger partial charge in [0.15, 0.2) is 4.73 Å². The highest BCUT2D eigenvalue weighted by molar-refractivity contribution is 9.10. The van der Waals surface area contributed by atoms with E-state index in [1.54, 1.807) is 17.2 Å². The molecule has 0 saturated carbocycles. The summed E-state index contributed by atoms with van der Waals surface area (Å²) in [5, 5.41) is 0. The van der Waals surface area contributed by atoms with Crippen LogP contribution in [0.5, 0.6) is 0 Å². The molecule has 0 atom stereocenters. The minimum absolute atomic E-state index is 0.154. The van der Waals surface area contributed by atoms with Gasteiger partial charge in [0.25, 0.3) is 0 Å². The van der Waals surface area contributed by atoms with Crippen molar-refractivity contribution >= 4 is 27.7 Å². The Morgan fingerprint density at radius 1 is 1.43 bits per heavy atom. The molecule has 1 fully saturated rings. The van der Waals surface area contributed by atoms with Crippen molar-refractivity contribution in [3.8, 4) is 0 Å². The smallest absolute Gasteiger partial charge is 0.228 e. The highest BCUT2D eigenvalue weighted by atomic mass is 79.9. The van der Waals surface area contributed by atoms with Crippen molar-refractivity contribution in [3.63, 3.8) is 0 Å². The highest BCUT2D eigenvalue weighted by Crippen LogP contribution is 2.19. The van der Waals surface area contributed by atoms with Gasteiger partial charge in [-0.25, -0.2) is 9.97 Å². The minimum Gasteiger partial charge on any atom is -0.297 e. The average molecular weight is 256 g/mol. The first-order valence-electron chi connectivity index (χ1n) is 4.56. The molecule has 5 heteroatoms. The summed E-state index contributed by atoms with van der Waals surface area (Å²) in [7, 11) is 0. The molecule has 1 aliphatic rings. The molecule has 1 saturated heterocycles. The van der Waals surface area contributed by atoms with E-state index in [1.807, 2.05) is 0 Å². The Balaban J connectivity index is 2.24. The van der Waals surface area contributed by atoms with Gasteiger partial charge in [0, 0.05) is 19.2 Å². The van der Waals surface area contributed by atoms with Crippen LogP contribution in [-0.2, 0) is 4.79 Å². The number of hydrogen-bond donors (Lipinski definition) is 0. The number of halogens is 1. The molecule has 0 spiro atoms. The predicted molar refractivity (Wildman–Crippen MR) is 55.9 cm³/mol. The van der Waals surface area contributed by atoms with E-state index in [9.17, 15) is 4.79 Å². The number of aromatic nitrogens is 2. The number of carbonyl (C=O) groups is 1. The van der Waals surface area contributed by atoms with Crippen molar-refractivity contribution in [2.75, 3.05) is 11.4 Å². The summed E-state index contributed by atoms with van der Waals surface area (Å²) in [6.45, 7) is 0.766. The second-order valence-corrected chi connectivity index (χ2v) is 3.90. The van der Waals surface area contributed by atoms with E-state index < -0.39 is 0 Å². The van der Waals surface area contributed by atoms with Crippen LogP contribution in [0.1, 0.15) is 19.3 Å². The van der Waals surface area contributed by atoms with E-state index in [4.69, 9.17) is 0 Å². The van der Waals surface area contributed by atoms with E-state index >= 15 is 0 Å². The van der Waals surface area contributed by atoms with Gasteiger partial charge in [0.05, 0.1) is 0 Å². The Morgan fingerprint density at radius 2 is 2.29 bits per heavy atom. The largest absolute Gasteiger partial charge is 0.297 e. The lowest BCUT2D eigenvalue weighted by molar-refractivity contribution is -0.119.